The van der Waals surface area contributed by atoms with Crippen LogP contribution in [0.15, 0.2) is 54.6 Å². The number of carbonyl (C=O) groups excluding carboxylic acids is 1. The van der Waals surface area contributed by atoms with Crippen LogP contribution in [0.25, 0.3) is 0 Å². The molecule has 0 unspecified atom stereocenters. The molecule has 2 aromatic carbocycles. The van der Waals surface area contributed by atoms with E-state index in [9.17, 15) is 14.9 Å². The number of ether oxygens (including phenoxy) is 1. The summed E-state index contributed by atoms with van der Waals surface area (Å²) < 4.78 is 5.41. The van der Waals surface area contributed by atoms with Crippen molar-refractivity contribution in [3.05, 3.63) is 75.8 Å². The lowest BCUT2D eigenvalue weighted by Crippen LogP contribution is -2.45. The molecule has 2 aromatic rings. The number of hydrogen-bond acceptors (Lipinski definition) is 5. The van der Waals surface area contributed by atoms with Crippen LogP contribution in [-0.2, 0) is 22.5 Å². The molecule has 0 amide bonds. The second-order valence-corrected chi connectivity index (χ2v) is 7.65. The van der Waals surface area contributed by atoms with Gasteiger partial charge in [0, 0.05) is 18.2 Å². The van der Waals surface area contributed by atoms with Gasteiger partial charge in [-0.1, -0.05) is 48.5 Å². The van der Waals surface area contributed by atoms with Gasteiger partial charge in [-0.05, 0) is 51.3 Å². The van der Waals surface area contributed by atoms with Crippen molar-refractivity contribution in [1.82, 2.24) is 4.90 Å². The predicted octanol–water partition coefficient (Wildman–Crippen LogP) is 4.37. The Balaban J connectivity index is 1.69. The van der Waals surface area contributed by atoms with Crippen LogP contribution in [0.2, 0.25) is 0 Å². The highest BCUT2D eigenvalue weighted by Gasteiger charge is 2.42. The smallest absolute Gasteiger partial charge is 0.312 e. The van der Waals surface area contributed by atoms with Gasteiger partial charge >= 0.3 is 5.97 Å². The van der Waals surface area contributed by atoms with Crippen molar-refractivity contribution in [3.63, 3.8) is 0 Å². The molecular weight excluding hydrogens is 368 g/mol. The molecule has 0 atom stereocenters. The van der Waals surface area contributed by atoms with E-state index in [4.69, 9.17) is 4.74 Å². The van der Waals surface area contributed by atoms with E-state index in [-0.39, 0.29) is 16.6 Å². The zero-order chi connectivity index (χ0) is 20.7. The summed E-state index contributed by atoms with van der Waals surface area (Å²) in [6.07, 6.45) is 2.48. The number of nitro benzene ring substituents is 1. The molecule has 1 heterocycles. The predicted molar refractivity (Wildman–Crippen MR) is 111 cm³/mol. The maximum atomic E-state index is 12.9. The molecule has 0 N–H and O–H groups in total. The first-order valence-electron chi connectivity index (χ1n) is 10.2. The van der Waals surface area contributed by atoms with E-state index in [1.165, 1.54) is 11.6 Å². The summed E-state index contributed by atoms with van der Waals surface area (Å²) in [7, 11) is 0. The molecule has 0 radical (unpaired) electrons. The third kappa shape index (κ3) is 5.21. The van der Waals surface area contributed by atoms with Gasteiger partial charge in [0.1, 0.15) is 0 Å². The molecule has 1 aliphatic rings. The Hall–Kier alpha value is -2.73. The van der Waals surface area contributed by atoms with E-state index in [0.717, 1.165) is 19.6 Å². The number of likely N-dealkylation sites (tertiary alicyclic amines) is 1. The van der Waals surface area contributed by atoms with Gasteiger partial charge in [-0.3, -0.25) is 19.8 Å². The highest BCUT2D eigenvalue weighted by molar-refractivity contribution is 5.77. The van der Waals surface area contributed by atoms with Crippen LogP contribution in [0, 0.1) is 15.5 Å². The second-order valence-electron chi connectivity index (χ2n) is 7.65. The Morgan fingerprint density at radius 1 is 1.10 bits per heavy atom. The molecule has 0 aliphatic carbocycles. The van der Waals surface area contributed by atoms with Gasteiger partial charge in [-0.2, -0.15) is 0 Å². The van der Waals surface area contributed by atoms with Gasteiger partial charge in [0.25, 0.3) is 5.69 Å². The zero-order valence-electron chi connectivity index (χ0n) is 16.9. The molecule has 1 saturated heterocycles. The molecular formula is C23H28N2O4. The average Bonchev–Trinajstić information content (AvgIpc) is 2.74. The van der Waals surface area contributed by atoms with Crippen LogP contribution >= 0.6 is 0 Å². The molecule has 1 fully saturated rings. The van der Waals surface area contributed by atoms with Crippen LogP contribution < -0.4 is 0 Å². The summed E-state index contributed by atoms with van der Waals surface area (Å²) in [5.74, 6) is -0.169. The molecule has 3 rings (SSSR count). The summed E-state index contributed by atoms with van der Waals surface area (Å²) in [4.78, 5) is 26.2. The number of aryl methyl sites for hydroxylation is 1. The maximum Gasteiger partial charge on any atom is 0.312 e. The fraction of sp³-hybridized carbons (Fsp3) is 0.435. The SMILES string of the molecule is CCOC(=O)C1(CCc2ccccc2[N+](=O)[O-])CCN(Cc2ccccc2)CC1. The Morgan fingerprint density at radius 2 is 1.76 bits per heavy atom. The highest BCUT2D eigenvalue weighted by Crippen LogP contribution is 2.39. The van der Waals surface area contributed by atoms with Crippen molar-refractivity contribution >= 4 is 11.7 Å². The van der Waals surface area contributed by atoms with Crippen LogP contribution in [-0.4, -0.2) is 35.5 Å². The molecule has 154 valence electrons. The molecule has 0 aromatic heterocycles. The van der Waals surface area contributed by atoms with Crippen LogP contribution in [0.4, 0.5) is 5.69 Å². The van der Waals surface area contributed by atoms with Crippen molar-refractivity contribution in [2.75, 3.05) is 19.7 Å². The van der Waals surface area contributed by atoms with E-state index in [1.54, 1.807) is 12.1 Å². The Bertz CT molecular complexity index is 830. The number of benzene rings is 2. The van der Waals surface area contributed by atoms with Gasteiger partial charge < -0.3 is 4.74 Å². The number of rotatable bonds is 8. The van der Waals surface area contributed by atoms with E-state index in [1.807, 2.05) is 31.2 Å². The normalized spacial score (nSPS) is 16.3. The molecule has 1 aliphatic heterocycles. The monoisotopic (exact) mass is 396 g/mol. The van der Waals surface area contributed by atoms with Crippen molar-refractivity contribution in [3.8, 4) is 0 Å². The third-order valence-electron chi connectivity index (χ3n) is 5.83. The Kier molecular flexibility index (Phi) is 6.99. The minimum atomic E-state index is -0.576. The van der Waals surface area contributed by atoms with E-state index in [0.29, 0.717) is 37.9 Å². The largest absolute Gasteiger partial charge is 0.466 e. The first-order valence-corrected chi connectivity index (χ1v) is 10.2. The lowest BCUT2D eigenvalue weighted by atomic mass is 9.74. The second kappa shape index (κ2) is 9.65. The summed E-state index contributed by atoms with van der Waals surface area (Å²) in [5, 5.41) is 11.3. The van der Waals surface area contributed by atoms with Gasteiger partial charge in [0.2, 0.25) is 0 Å². The maximum absolute atomic E-state index is 12.9. The van der Waals surface area contributed by atoms with Crippen molar-refractivity contribution in [2.24, 2.45) is 5.41 Å². The van der Waals surface area contributed by atoms with Crippen molar-refractivity contribution < 1.29 is 14.5 Å². The molecule has 0 bridgehead atoms. The van der Waals surface area contributed by atoms with Gasteiger partial charge in [-0.15, -0.1) is 0 Å². The van der Waals surface area contributed by atoms with Gasteiger partial charge in [0.05, 0.1) is 16.9 Å². The minimum Gasteiger partial charge on any atom is -0.466 e. The topological polar surface area (TPSA) is 72.7 Å². The summed E-state index contributed by atoms with van der Waals surface area (Å²) in [6.45, 7) is 4.65. The van der Waals surface area contributed by atoms with Crippen LogP contribution in [0.3, 0.4) is 0 Å². The first-order chi connectivity index (χ1) is 14.0. The van der Waals surface area contributed by atoms with Gasteiger partial charge in [-0.25, -0.2) is 0 Å². The minimum absolute atomic E-state index is 0.119. The molecule has 6 nitrogen and oxygen atoms in total. The number of esters is 1. The number of hydrogen-bond donors (Lipinski definition) is 0. The Morgan fingerprint density at radius 3 is 2.41 bits per heavy atom. The summed E-state index contributed by atoms with van der Waals surface area (Å²) in [6, 6.07) is 17.1. The van der Waals surface area contributed by atoms with E-state index >= 15 is 0 Å². The number of piperidine rings is 1. The van der Waals surface area contributed by atoms with E-state index in [2.05, 4.69) is 17.0 Å². The number of nitrogens with zero attached hydrogens (tertiary/aromatic N) is 2. The summed E-state index contributed by atoms with van der Waals surface area (Å²) >= 11 is 0. The highest BCUT2D eigenvalue weighted by atomic mass is 16.6. The van der Waals surface area contributed by atoms with Gasteiger partial charge in [0.15, 0.2) is 0 Å². The third-order valence-corrected chi connectivity index (χ3v) is 5.83. The standard InChI is InChI=1S/C23H28N2O4/c1-2-29-22(26)23(13-12-20-10-6-7-11-21(20)25(27)28)14-16-24(17-15-23)18-19-8-4-3-5-9-19/h3-11H,2,12-18H2,1H3. The fourth-order valence-corrected chi connectivity index (χ4v) is 4.10. The fourth-order valence-electron chi connectivity index (χ4n) is 4.10. The average molecular weight is 396 g/mol. The molecule has 0 spiro atoms. The number of para-hydroxylation sites is 1. The Labute approximate surface area is 171 Å². The molecule has 0 saturated carbocycles. The van der Waals surface area contributed by atoms with Crippen LogP contribution in [0.1, 0.15) is 37.3 Å². The number of nitro groups is 1. The summed E-state index contributed by atoms with van der Waals surface area (Å²) in [5.41, 5.74) is 1.48. The first kappa shape index (κ1) is 21.0. The van der Waals surface area contributed by atoms with Crippen LogP contribution in [0.5, 0.6) is 0 Å². The van der Waals surface area contributed by atoms with Crippen molar-refractivity contribution in [2.45, 2.75) is 39.2 Å². The zero-order valence-corrected chi connectivity index (χ0v) is 16.9. The lowest BCUT2D eigenvalue weighted by Gasteiger charge is -2.40. The molecule has 29 heavy (non-hydrogen) atoms. The quantitative estimate of drug-likeness (QED) is 0.376. The van der Waals surface area contributed by atoms with Crippen molar-refractivity contribution in [1.29, 1.82) is 0 Å². The number of carbonyl (C=O) groups is 1. The molecule has 6 heteroatoms. The lowest BCUT2D eigenvalue weighted by molar-refractivity contribution is -0.385. The van der Waals surface area contributed by atoms with E-state index < -0.39 is 5.41 Å².